The quantitative estimate of drug-likeness (QED) is 0.780. The van der Waals surface area contributed by atoms with Crippen LogP contribution < -0.4 is 5.32 Å². The van der Waals surface area contributed by atoms with Crippen molar-refractivity contribution in [3.8, 4) is 5.95 Å². The molecule has 0 aliphatic rings. The molecular weight excluding hydrogens is 274 g/mol. The molecule has 0 saturated carbocycles. The van der Waals surface area contributed by atoms with E-state index in [4.69, 9.17) is 0 Å². The van der Waals surface area contributed by atoms with Crippen LogP contribution in [0.25, 0.3) is 5.95 Å². The van der Waals surface area contributed by atoms with Crippen molar-refractivity contribution in [2.75, 3.05) is 12.4 Å². The number of anilines is 1. The van der Waals surface area contributed by atoms with Crippen LogP contribution in [0.4, 0.5) is 5.95 Å². The lowest BCUT2D eigenvalue weighted by molar-refractivity contribution is 0.762. The first-order chi connectivity index (χ1) is 9.85. The SMILES string of the molecule is CNc1nc(Sc2ccccn2)nc(-n2cccn2)n1. The first-order valence-electron chi connectivity index (χ1n) is 5.88. The fourth-order valence-corrected chi connectivity index (χ4v) is 2.20. The van der Waals surface area contributed by atoms with Crippen LogP contribution in [0.1, 0.15) is 0 Å². The highest BCUT2D eigenvalue weighted by Crippen LogP contribution is 2.23. The molecule has 0 amide bonds. The maximum absolute atomic E-state index is 4.38. The van der Waals surface area contributed by atoms with Gasteiger partial charge in [-0.2, -0.15) is 20.1 Å². The molecule has 0 radical (unpaired) electrons. The Morgan fingerprint density at radius 3 is 2.75 bits per heavy atom. The largest absolute Gasteiger partial charge is 0.357 e. The molecule has 100 valence electrons. The maximum Gasteiger partial charge on any atom is 0.256 e. The minimum atomic E-state index is 0.466. The van der Waals surface area contributed by atoms with Crippen LogP contribution >= 0.6 is 11.8 Å². The van der Waals surface area contributed by atoms with E-state index >= 15 is 0 Å². The summed E-state index contributed by atoms with van der Waals surface area (Å²) >= 11 is 1.37. The lowest BCUT2D eigenvalue weighted by Gasteiger charge is -2.05. The smallest absolute Gasteiger partial charge is 0.256 e. The number of hydrogen-bond donors (Lipinski definition) is 1. The molecule has 3 rings (SSSR count). The van der Waals surface area contributed by atoms with Crippen molar-refractivity contribution >= 4 is 17.7 Å². The van der Waals surface area contributed by atoms with E-state index in [-0.39, 0.29) is 0 Å². The van der Waals surface area contributed by atoms with Gasteiger partial charge in [-0.25, -0.2) is 9.67 Å². The van der Waals surface area contributed by atoms with Crippen LogP contribution in [0, 0.1) is 0 Å². The van der Waals surface area contributed by atoms with Gasteiger partial charge in [0.25, 0.3) is 5.95 Å². The second-order valence-corrected chi connectivity index (χ2v) is 4.70. The topological polar surface area (TPSA) is 81.4 Å². The van der Waals surface area contributed by atoms with Crippen LogP contribution in [0.3, 0.4) is 0 Å². The molecule has 0 aliphatic carbocycles. The van der Waals surface area contributed by atoms with Gasteiger partial charge in [-0.05, 0) is 30.0 Å². The molecule has 20 heavy (non-hydrogen) atoms. The lowest BCUT2D eigenvalue weighted by atomic mass is 10.5. The summed E-state index contributed by atoms with van der Waals surface area (Å²) in [5, 5.41) is 8.43. The normalized spacial score (nSPS) is 10.4. The number of nitrogens with one attached hydrogen (secondary N) is 1. The second-order valence-electron chi connectivity index (χ2n) is 3.71. The summed E-state index contributed by atoms with van der Waals surface area (Å²) in [4.78, 5) is 17.2. The fourth-order valence-electron chi connectivity index (χ4n) is 1.49. The highest BCUT2D eigenvalue weighted by Gasteiger charge is 2.09. The van der Waals surface area contributed by atoms with Gasteiger partial charge in [0.05, 0.1) is 0 Å². The second kappa shape index (κ2) is 5.66. The third kappa shape index (κ3) is 2.75. The highest BCUT2D eigenvalue weighted by molar-refractivity contribution is 7.99. The van der Waals surface area contributed by atoms with E-state index in [2.05, 4.69) is 30.4 Å². The van der Waals surface area contributed by atoms with E-state index in [1.165, 1.54) is 11.8 Å². The van der Waals surface area contributed by atoms with Crippen LogP contribution in [-0.4, -0.2) is 36.8 Å². The molecule has 0 saturated heterocycles. The third-order valence-corrected chi connectivity index (χ3v) is 3.19. The molecule has 0 unspecified atom stereocenters. The molecule has 0 bridgehead atoms. The van der Waals surface area contributed by atoms with Crippen molar-refractivity contribution in [1.82, 2.24) is 29.7 Å². The number of pyridine rings is 1. The summed E-state index contributed by atoms with van der Waals surface area (Å²) < 4.78 is 1.59. The minimum Gasteiger partial charge on any atom is -0.357 e. The highest BCUT2D eigenvalue weighted by atomic mass is 32.2. The van der Waals surface area contributed by atoms with Gasteiger partial charge < -0.3 is 5.32 Å². The molecule has 0 spiro atoms. The number of rotatable bonds is 4. The van der Waals surface area contributed by atoms with Crippen molar-refractivity contribution in [1.29, 1.82) is 0 Å². The summed E-state index contributed by atoms with van der Waals surface area (Å²) in [6, 6.07) is 7.51. The van der Waals surface area contributed by atoms with E-state index < -0.39 is 0 Å². The fraction of sp³-hybridized carbons (Fsp3) is 0.0833. The predicted octanol–water partition coefficient (Wildman–Crippen LogP) is 1.65. The molecule has 0 aliphatic heterocycles. The van der Waals surface area contributed by atoms with Gasteiger partial charge >= 0.3 is 0 Å². The molecule has 3 aromatic rings. The van der Waals surface area contributed by atoms with Crippen molar-refractivity contribution in [3.05, 3.63) is 42.9 Å². The number of nitrogens with zero attached hydrogens (tertiary/aromatic N) is 6. The van der Waals surface area contributed by atoms with Crippen molar-refractivity contribution in [3.63, 3.8) is 0 Å². The summed E-state index contributed by atoms with van der Waals surface area (Å²) in [5.74, 6) is 0.955. The predicted molar refractivity (Wildman–Crippen MR) is 74.9 cm³/mol. The molecular formula is C12H11N7S. The zero-order valence-corrected chi connectivity index (χ0v) is 11.4. The Balaban J connectivity index is 1.96. The van der Waals surface area contributed by atoms with E-state index in [9.17, 15) is 0 Å². The Labute approximate surface area is 119 Å². The first-order valence-corrected chi connectivity index (χ1v) is 6.69. The average molecular weight is 285 g/mol. The lowest BCUT2D eigenvalue weighted by Crippen LogP contribution is -2.07. The van der Waals surface area contributed by atoms with Gasteiger partial charge in [0.2, 0.25) is 11.1 Å². The summed E-state index contributed by atoms with van der Waals surface area (Å²) in [7, 11) is 1.76. The minimum absolute atomic E-state index is 0.466. The first kappa shape index (κ1) is 12.5. The molecule has 8 heteroatoms. The van der Waals surface area contributed by atoms with E-state index in [0.29, 0.717) is 17.1 Å². The monoisotopic (exact) mass is 285 g/mol. The van der Waals surface area contributed by atoms with Crippen LogP contribution in [0.5, 0.6) is 0 Å². The molecule has 0 atom stereocenters. The zero-order valence-electron chi connectivity index (χ0n) is 10.6. The Bertz CT molecular complexity index is 684. The number of hydrogen-bond acceptors (Lipinski definition) is 7. The molecule has 0 fully saturated rings. The van der Waals surface area contributed by atoms with E-state index in [1.54, 1.807) is 30.3 Å². The van der Waals surface area contributed by atoms with E-state index in [0.717, 1.165) is 5.03 Å². The summed E-state index contributed by atoms with van der Waals surface area (Å²) in [5.41, 5.74) is 0. The van der Waals surface area contributed by atoms with Gasteiger partial charge in [0.15, 0.2) is 0 Å². The molecule has 7 nitrogen and oxygen atoms in total. The third-order valence-electron chi connectivity index (χ3n) is 2.37. The van der Waals surface area contributed by atoms with Gasteiger partial charge in [0.1, 0.15) is 5.03 Å². The standard InChI is InChI=1S/C12H11N7S/c1-13-10-16-11(19-8-4-7-15-19)18-12(17-10)20-9-5-2-3-6-14-9/h2-8H,1H3,(H,13,16,17,18). The average Bonchev–Trinajstić information content (AvgIpc) is 3.02. The summed E-state index contributed by atoms with van der Waals surface area (Å²) in [6.45, 7) is 0. The van der Waals surface area contributed by atoms with Crippen molar-refractivity contribution in [2.45, 2.75) is 10.2 Å². The zero-order chi connectivity index (χ0) is 13.8. The Morgan fingerprint density at radius 2 is 2.05 bits per heavy atom. The van der Waals surface area contributed by atoms with Crippen molar-refractivity contribution < 1.29 is 0 Å². The van der Waals surface area contributed by atoms with Gasteiger partial charge in [0, 0.05) is 25.6 Å². The molecule has 1 N–H and O–H groups in total. The van der Waals surface area contributed by atoms with Crippen LogP contribution in [0.2, 0.25) is 0 Å². The molecule has 0 aromatic carbocycles. The van der Waals surface area contributed by atoms with Gasteiger partial charge in [-0.3, -0.25) is 0 Å². The van der Waals surface area contributed by atoms with Crippen LogP contribution in [-0.2, 0) is 0 Å². The number of aromatic nitrogens is 6. The Kier molecular flexibility index (Phi) is 3.55. The molecule has 3 aromatic heterocycles. The molecule has 3 heterocycles. The van der Waals surface area contributed by atoms with Crippen LogP contribution in [0.15, 0.2) is 53.0 Å². The maximum atomic E-state index is 4.38. The van der Waals surface area contributed by atoms with E-state index in [1.807, 2.05) is 24.3 Å². The van der Waals surface area contributed by atoms with Gasteiger partial charge in [-0.1, -0.05) is 6.07 Å². The van der Waals surface area contributed by atoms with Crippen molar-refractivity contribution in [2.24, 2.45) is 0 Å². The Hall–Kier alpha value is -2.48. The summed E-state index contributed by atoms with van der Waals surface area (Å²) in [6.07, 6.45) is 5.19. The van der Waals surface area contributed by atoms with Gasteiger partial charge in [-0.15, -0.1) is 0 Å². The Morgan fingerprint density at radius 1 is 1.10 bits per heavy atom.